The lowest BCUT2D eigenvalue weighted by molar-refractivity contribution is -0.150. The quantitative estimate of drug-likeness (QED) is 0.757. The summed E-state index contributed by atoms with van der Waals surface area (Å²) in [5.74, 6) is 0.947. The second kappa shape index (κ2) is 7.25. The highest BCUT2D eigenvalue weighted by molar-refractivity contribution is 7.89. The minimum absolute atomic E-state index is 0.00770. The van der Waals surface area contributed by atoms with Gasteiger partial charge in [0.1, 0.15) is 0 Å². The van der Waals surface area contributed by atoms with E-state index in [1.165, 1.54) is 29.2 Å². The third kappa shape index (κ3) is 4.18. The first-order valence-electron chi connectivity index (χ1n) is 7.75. The van der Waals surface area contributed by atoms with Gasteiger partial charge < -0.3 is 10.0 Å². The molecule has 1 saturated heterocycles. The van der Waals surface area contributed by atoms with Crippen LogP contribution in [0.5, 0.6) is 0 Å². The molecule has 0 bridgehead atoms. The number of likely N-dealkylation sites (tertiary alicyclic amines) is 1. The molecule has 1 unspecified atom stereocenters. The van der Waals surface area contributed by atoms with E-state index in [2.05, 4.69) is 10.6 Å². The molecule has 1 aromatic rings. The van der Waals surface area contributed by atoms with Crippen molar-refractivity contribution in [2.45, 2.75) is 24.7 Å². The molecular weight excluding hydrogens is 344 g/mol. The van der Waals surface area contributed by atoms with Crippen molar-refractivity contribution in [2.24, 2.45) is 5.41 Å². The van der Waals surface area contributed by atoms with Crippen molar-refractivity contribution in [1.82, 2.24) is 9.62 Å². The first-order valence-corrected chi connectivity index (χ1v) is 9.24. The standard InChI is InChI=1S/C17H20N2O5S/c1-3-10-18-25(23,24)14-7-5-13(6-8-14)15(20)19-11-4-9-17(2,12-19)16(21)22/h1,5-8,18H,4,9-12H2,2H3,(H,21,22). The van der Waals surface area contributed by atoms with Gasteiger partial charge in [-0.15, -0.1) is 6.42 Å². The number of piperidine rings is 1. The first-order chi connectivity index (χ1) is 11.7. The maximum Gasteiger partial charge on any atom is 0.311 e. The first kappa shape index (κ1) is 19.0. The van der Waals surface area contributed by atoms with Gasteiger partial charge in [0.2, 0.25) is 10.0 Å². The fourth-order valence-corrected chi connectivity index (χ4v) is 3.70. The summed E-state index contributed by atoms with van der Waals surface area (Å²) in [6, 6.07) is 5.48. The van der Waals surface area contributed by atoms with Gasteiger partial charge in [-0.1, -0.05) is 5.92 Å². The molecule has 1 fully saturated rings. The molecule has 2 rings (SSSR count). The molecule has 1 atom stereocenters. The summed E-state index contributed by atoms with van der Waals surface area (Å²) in [4.78, 5) is 25.5. The summed E-state index contributed by atoms with van der Waals surface area (Å²) in [6.07, 6.45) is 6.16. The molecule has 0 spiro atoms. The maximum atomic E-state index is 12.6. The summed E-state index contributed by atoms with van der Waals surface area (Å²) in [5, 5.41) is 9.34. The van der Waals surface area contributed by atoms with Crippen molar-refractivity contribution in [3.8, 4) is 12.3 Å². The largest absolute Gasteiger partial charge is 0.481 e. The van der Waals surface area contributed by atoms with Crippen LogP contribution in [-0.4, -0.2) is 49.9 Å². The minimum atomic E-state index is -3.71. The van der Waals surface area contributed by atoms with Crippen LogP contribution in [-0.2, 0) is 14.8 Å². The van der Waals surface area contributed by atoms with Crippen LogP contribution < -0.4 is 4.72 Å². The van der Waals surface area contributed by atoms with Gasteiger partial charge in [-0.05, 0) is 44.0 Å². The zero-order chi connectivity index (χ0) is 18.7. The fraction of sp³-hybridized carbons (Fsp3) is 0.412. The zero-order valence-corrected chi connectivity index (χ0v) is 14.7. The predicted octanol–water partition coefficient (Wildman–Crippen LogP) is 0.925. The lowest BCUT2D eigenvalue weighted by atomic mass is 9.82. The molecule has 0 aliphatic carbocycles. The number of sulfonamides is 1. The summed E-state index contributed by atoms with van der Waals surface area (Å²) in [5.41, 5.74) is -0.651. The summed E-state index contributed by atoms with van der Waals surface area (Å²) in [7, 11) is -3.71. The Kier molecular flexibility index (Phi) is 5.50. The molecular formula is C17H20N2O5S. The minimum Gasteiger partial charge on any atom is -0.481 e. The second-order valence-corrected chi connectivity index (χ2v) is 8.02. The highest BCUT2D eigenvalue weighted by Gasteiger charge is 2.39. The summed E-state index contributed by atoms with van der Waals surface area (Å²) >= 11 is 0. The van der Waals surface area contributed by atoms with Crippen molar-refractivity contribution >= 4 is 21.9 Å². The molecule has 1 aliphatic heterocycles. The number of amides is 1. The van der Waals surface area contributed by atoms with E-state index >= 15 is 0 Å². The number of carbonyl (C=O) groups is 2. The van der Waals surface area contributed by atoms with E-state index in [-0.39, 0.29) is 23.9 Å². The Bertz CT molecular complexity index is 810. The maximum absolute atomic E-state index is 12.6. The number of hydrogen-bond acceptors (Lipinski definition) is 4. The van der Waals surface area contributed by atoms with Crippen LogP contribution >= 0.6 is 0 Å². The van der Waals surface area contributed by atoms with Crippen LogP contribution in [0.1, 0.15) is 30.1 Å². The van der Waals surface area contributed by atoms with Gasteiger partial charge in [-0.2, -0.15) is 4.72 Å². The van der Waals surface area contributed by atoms with Crippen molar-refractivity contribution < 1.29 is 23.1 Å². The highest BCUT2D eigenvalue weighted by Crippen LogP contribution is 2.30. The molecule has 0 aromatic heterocycles. The van der Waals surface area contributed by atoms with Crippen LogP contribution in [0.4, 0.5) is 0 Å². The van der Waals surface area contributed by atoms with E-state index in [1.54, 1.807) is 6.92 Å². The van der Waals surface area contributed by atoms with Gasteiger partial charge in [-0.3, -0.25) is 9.59 Å². The Hall–Kier alpha value is -2.37. The van der Waals surface area contributed by atoms with Crippen LogP contribution in [0.25, 0.3) is 0 Å². The van der Waals surface area contributed by atoms with Gasteiger partial charge in [0.15, 0.2) is 0 Å². The fourth-order valence-electron chi connectivity index (χ4n) is 2.77. The third-order valence-corrected chi connectivity index (χ3v) is 5.69. The molecule has 7 nitrogen and oxygen atoms in total. The van der Waals surface area contributed by atoms with E-state index in [0.717, 1.165) is 0 Å². The Morgan fingerprint density at radius 3 is 2.56 bits per heavy atom. The number of nitrogens with zero attached hydrogens (tertiary/aromatic N) is 1. The van der Waals surface area contributed by atoms with E-state index < -0.39 is 21.4 Å². The van der Waals surface area contributed by atoms with Crippen LogP contribution in [0.2, 0.25) is 0 Å². The molecule has 25 heavy (non-hydrogen) atoms. The van der Waals surface area contributed by atoms with Crippen LogP contribution in [0, 0.1) is 17.8 Å². The van der Waals surface area contributed by atoms with Crippen LogP contribution in [0.15, 0.2) is 29.2 Å². The Balaban J connectivity index is 2.16. The van der Waals surface area contributed by atoms with Crippen molar-refractivity contribution in [3.05, 3.63) is 29.8 Å². The number of terminal acetylenes is 1. The number of rotatable bonds is 5. The molecule has 0 radical (unpaired) electrons. The summed E-state index contributed by atoms with van der Waals surface area (Å²) < 4.78 is 26.2. The molecule has 2 N–H and O–H groups in total. The number of nitrogens with one attached hydrogen (secondary N) is 1. The average Bonchev–Trinajstić information content (AvgIpc) is 2.59. The number of carboxylic acids is 1. The molecule has 8 heteroatoms. The van der Waals surface area contributed by atoms with E-state index in [1.807, 2.05) is 0 Å². The van der Waals surface area contributed by atoms with Crippen LogP contribution in [0.3, 0.4) is 0 Å². The third-order valence-electron chi connectivity index (χ3n) is 4.28. The normalized spacial score (nSPS) is 20.7. The molecule has 0 saturated carbocycles. The van der Waals surface area contributed by atoms with Crippen molar-refractivity contribution in [1.29, 1.82) is 0 Å². The topological polar surface area (TPSA) is 104 Å². The molecule has 134 valence electrons. The second-order valence-electron chi connectivity index (χ2n) is 6.25. The highest BCUT2D eigenvalue weighted by atomic mass is 32.2. The smallest absolute Gasteiger partial charge is 0.311 e. The van der Waals surface area contributed by atoms with Gasteiger partial charge in [0.25, 0.3) is 5.91 Å². The molecule has 1 aliphatic rings. The predicted molar refractivity (Wildman–Crippen MR) is 91.3 cm³/mol. The molecule has 1 heterocycles. The lowest BCUT2D eigenvalue weighted by Gasteiger charge is -2.37. The Labute approximate surface area is 147 Å². The van der Waals surface area contributed by atoms with E-state index in [4.69, 9.17) is 6.42 Å². The van der Waals surface area contributed by atoms with Gasteiger partial charge >= 0.3 is 5.97 Å². The van der Waals surface area contributed by atoms with E-state index in [0.29, 0.717) is 24.9 Å². The molecule has 1 amide bonds. The Morgan fingerprint density at radius 2 is 2.00 bits per heavy atom. The monoisotopic (exact) mass is 364 g/mol. The average molecular weight is 364 g/mol. The lowest BCUT2D eigenvalue weighted by Crippen LogP contribution is -2.48. The Morgan fingerprint density at radius 1 is 1.36 bits per heavy atom. The zero-order valence-electron chi connectivity index (χ0n) is 13.9. The number of hydrogen-bond donors (Lipinski definition) is 2. The molecule has 1 aromatic carbocycles. The van der Waals surface area contributed by atoms with Gasteiger partial charge in [0, 0.05) is 18.7 Å². The number of carboxylic acid groups (broad SMARTS) is 1. The number of benzene rings is 1. The van der Waals surface area contributed by atoms with Crippen molar-refractivity contribution in [2.75, 3.05) is 19.6 Å². The van der Waals surface area contributed by atoms with Gasteiger partial charge in [0.05, 0.1) is 16.9 Å². The number of carbonyl (C=O) groups excluding carboxylic acids is 1. The van der Waals surface area contributed by atoms with E-state index in [9.17, 15) is 23.1 Å². The van der Waals surface area contributed by atoms with Gasteiger partial charge in [-0.25, -0.2) is 8.42 Å². The SMILES string of the molecule is C#CCNS(=O)(=O)c1ccc(C(=O)N2CCCC(C)(C(=O)O)C2)cc1. The summed E-state index contributed by atoms with van der Waals surface area (Å²) in [6.45, 7) is 2.11. The number of aliphatic carboxylic acids is 1. The van der Waals surface area contributed by atoms with Crippen molar-refractivity contribution in [3.63, 3.8) is 0 Å².